The third kappa shape index (κ3) is 10.8. The highest BCUT2D eigenvalue weighted by Crippen LogP contribution is 2.00. The number of aliphatic hydroxyl groups is 1. The molecule has 0 heterocycles. The van der Waals surface area contributed by atoms with Gasteiger partial charge >= 0.3 is 0 Å². The summed E-state index contributed by atoms with van der Waals surface area (Å²) in [6.45, 7) is 0.678. The van der Waals surface area contributed by atoms with Gasteiger partial charge in [-0.25, -0.2) is 8.42 Å². The van der Waals surface area contributed by atoms with Gasteiger partial charge in [0.1, 0.15) is 9.84 Å². The van der Waals surface area contributed by atoms with Crippen LogP contribution in [0.4, 0.5) is 0 Å². The molecule has 0 fully saturated rings. The van der Waals surface area contributed by atoms with Crippen molar-refractivity contribution in [2.75, 3.05) is 36.7 Å². The minimum atomic E-state index is -3.08. The van der Waals surface area contributed by atoms with E-state index in [0.29, 0.717) is 6.54 Å². The van der Waals surface area contributed by atoms with Crippen molar-refractivity contribution in [2.45, 2.75) is 18.9 Å². The standard InChI is InChI=1S/C10H22N2O4S2/c1-18(15,16)8-3-9(11)10(14)12-4-7-17-6-2-5-13/h9,13H,2-8,11H2,1H3,(H,12,14). The maximum Gasteiger partial charge on any atom is 0.236 e. The van der Waals surface area contributed by atoms with Crippen molar-refractivity contribution in [1.29, 1.82) is 0 Å². The van der Waals surface area contributed by atoms with E-state index < -0.39 is 15.9 Å². The molecule has 4 N–H and O–H groups in total. The number of nitrogens with one attached hydrogen (secondary N) is 1. The molecule has 0 spiro atoms. The summed E-state index contributed by atoms with van der Waals surface area (Å²) < 4.78 is 21.8. The number of hydrogen-bond acceptors (Lipinski definition) is 6. The first kappa shape index (κ1) is 17.7. The highest BCUT2D eigenvalue weighted by atomic mass is 32.2. The van der Waals surface area contributed by atoms with Gasteiger partial charge < -0.3 is 16.2 Å². The van der Waals surface area contributed by atoms with Crippen molar-refractivity contribution >= 4 is 27.5 Å². The lowest BCUT2D eigenvalue weighted by atomic mass is 10.2. The van der Waals surface area contributed by atoms with Crippen LogP contribution in [-0.2, 0) is 14.6 Å². The summed E-state index contributed by atoms with van der Waals surface area (Å²) >= 11 is 1.64. The van der Waals surface area contributed by atoms with Crippen LogP contribution in [0.5, 0.6) is 0 Å². The lowest BCUT2D eigenvalue weighted by Gasteiger charge is -2.11. The number of carbonyl (C=O) groups excluding carboxylic acids is 1. The van der Waals surface area contributed by atoms with E-state index in [4.69, 9.17) is 10.8 Å². The van der Waals surface area contributed by atoms with Crippen LogP contribution in [0.3, 0.4) is 0 Å². The average molecular weight is 298 g/mol. The van der Waals surface area contributed by atoms with E-state index in [1.165, 1.54) is 0 Å². The number of sulfone groups is 1. The maximum atomic E-state index is 11.5. The Hall–Kier alpha value is -0.310. The van der Waals surface area contributed by atoms with E-state index in [2.05, 4.69) is 5.32 Å². The molecule has 0 radical (unpaired) electrons. The monoisotopic (exact) mass is 298 g/mol. The normalized spacial score (nSPS) is 13.3. The predicted octanol–water partition coefficient (Wildman–Crippen LogP) is -1.02. The molecule has 6 nitrogen and oxygen atoms in total. The number of thioether (sulfide) groups is 1. The van der Waals surface area contributed by atoms with Crippen molar-refractivity contribution in [3.63, 3.8) is 0 Å². The quantitative estimate of drug-likeness (QED) is 0.445. The second-order valence-corrected chi connectivity index (χ2v) is 7.49. The Kier molecular flexibility index (Phi) is 9.43. The molecule has 0 aromatic heterocycles. The van der Waals surface area contributed by atoms with Gasteiger partial charge in [0.25, 0.3) is 0 Å². The summed E-state index contributed by atoms with van der Waals surface area (Å²) in [4.78, 5) is 11.5. The van der Waals surface area contributed by atoms with Gasteiger partial charge in [0.2, 0.25) is 5.91 Å². The fourth-order valence-corrected chi connectivity index (χ4v) is 2.58. The van der Waals surface area contributed by atoms with Crippen LogP contribution < -0.4 is 11.1 Å². The van der Waals surface area contributed by atoms with Crippen molar-refractivity contribution in [1.82, 2.24) is 5.32 Å². The fraction of sp³-hybridized carbons (Fsp3) is 0.900. The zero-order valence-corrected chi connectivity index (χ0v) is 12.2. The second-order valence-electron chi connectivity index (χ2n) is 4.01. The number of rotatable bonds is 10. The van der Waals surface area contributed by atoms with Crippen molar-refractivity contribution in [3.05, 3.63) is 0 Å². The molecule has 0 rings (SSSR count). The molecular weight excluding hydrogens is 276 g/mol. The van der Waals surface area contributed by atoms with Crippen molar-refractivity contribution < 1.29 is 18.3 Å². The molecule has 0 saturated carbocycles. The van der Waals surface area contributed by atoms with Gasteiger partial charge in [-0.3, -0.25) is 4.79 Å². The summed E-state index contributed by atoms with van der Waals surface area (Å²) in [5, 5.41) is 11.2. The molecule has 18 heavy (non-hydrogen) atoms. The van der Waals surface area contributed by atoms with Crippen LogP contribution in [0.25, 0.3) is 0 Å². The molecule has 0 aliphatic rings. The van der Waals surface area contributed by atoms with Gasteiger partial charge in [-0.1, -0.05) is 0 Å². The fourth-order valence-electron chi connectivity index (χ4n) is 1.12. The number of hydrogen-bond donors (Lipinski definition) is 3. The smallest absolute Gasteiger partial charge is 0.236 e. The number of amides is 1. The first-order valence-corrected chi connectivity index (χ1v) is 8.98. The van der Waals surface area contributed by atoms with Crippen LogP contribution in [0.15, 0.2) is 0 Å². The Labute approximate surface area is 113 Å². The molecule has 0 aromatic carbocycles. The third-order valence-electron chi connectivity index (χ3n) is 2.13. The Bertz CT molecular complexity index is 333. The van der Waals surface area contributed by atoms with Gasteiger partial charge in [-0.05, 0) is 18.6 Å². The van der Waals surface area contributed by atoms with E-state index >= 15 is 0 Å². The molecule has 0 aliphatic carbocycles. The van der Waals surface area contributed by atoms with Crippen LogP contribution in [0.1, 0.15) is 12.8 Å². The highest BCUT2D eigenvalue weighted by molar-refractivity contribution is 7.99. The lowest BCUT2D eigenvalue weighted by Crippen LogP contribution is -2.42. The minimum absolute atomic E-state index is 0.0766. The van der Waals surface area contributed by atoms with Gasteiger partial charge in [0, 0.05) is 25.2 Å². The second kappa shape index (κ2) is 9.60. The Balaban J connectivity index is 3.62. The highest BCUT2D eigenvalue weighted by Gasteiger charge is 2.15. The molecule has 1 unspecified atom stereocenters. The zero-order valence-electron chi connectivity index (χ0n) is 10.6. The Morgan fingerprint density at radius 2 is 2.11 bits per heavy atom. The zero-order chi connectivity index (χ0) is 14.0. The minimum Gasteiger partial charge on any atom is -0.396 e. The molecule has 108 valence electrons. The maximum absolute atomic E-state index is 11.5. The largest absolute Gasteiger partial charge is 0.396 e. The molecule has 1 atom stereocenters. The number of carbonyl (C=O) groups is 1. The third-order valence-corrected chi connectivity index (χ3v) is 4.18. The van der Waals surface area contributed by atoms with E-state index in [0.717, 1.165) is 24.2 Å². The number of nitrogens with two attached hydrogens (primary N) is 1. The van der Waals surface area contributed by atoms with E-state index in [-0.39, 0.29) is 24.7 Å². The van der Waals surface area contributed by atoms with Crippen LogP contribution in [0, 0.1) is 0 Å². The van der Waals surface area contributed by atoms with E-state index in [1.807, 2.05) is 0 Å². The summed E-state index contributed by atoms with van der Waals surface area (Å²) in [6.07, 6.45) is 2.00. The van der Waals surface area contributed by atoms with E-state index in [1.54, 1.807) is 11.8 Å². The average Bonchev–Trinajstić information content (AvgIpc) is 2.29. The summed E-state index contributed by atoms with van der Waals surface area (Å²) in [5.74, 6) is 1.21. The topological polar surface area (TPSA) is 109 Å². The van der Waals surface area contributed by atoms with Gasteiger partial charge in [-0.15, -0.1) is 0 Å². The molecule has 8 heteroatoms. The van der Waals surface area contributed by atoms with Gasteiger partial charge in [0.05, 0.1) is 11.8 Å². The van der Waals surface area contributed by atoms with E-state index in [9.17, 15) is 13.2 Å². The molecule has 0 aliphatic heterocycles. The number of aliphatic hydroxyl groups excluding tert-OH is 1. The Morgan fingerprint density at radius 3 is 2.67 bits per heavy atom. The summed E-state index contributed by atoms with van der Waals surface area (Å²) in [6, 6.07) is -0.776. The molecule has 0 saturated heterocycles. The van der Waals surface area contributed by atoms with Crippen molar-refractivity contribution in [2.24, 2.45) is 5.73 Å². The van der Waals surface area contributed by atoms with Gasteiger partial charge in [-0.2, -0.15) is 11.8 Å². The van der Waals surface area contributed by atoms with Crippen LogP contribution in [-0.4, -0.2) is 62.1 Å². The first-order valence-electron chi connectivity index (χ1n) is 5.76. The van der Waals surface area contributed by atoms with Gasteiger partial charge in [0.15, 0.2) is 0 Å². The first-order chi connectivity index (χ1) is 8.37. The van der Waals surface area contributed by atoms with Crippen LogP contribution in [0.2, 0.25) is 0 Å². The SMILES string of the molecule is CS(=O)(=O)CCC(N)C(=O)NCCSCCCO. The summed E-state index contributed by atoms with van der Waals surface area (Å²) in [5.41, 5.74) is 5.57. The summed E-state index contributed by atoms with van der Waals surface area (Å²) in [7, 11) is -3.08. The Morgan fingerprint density at radius 1 is 1.44 bits per heavy atom. The molecule has 0 aromatic rings. The molecular formula is C10H22N2O4S2. The molecule has 1 amide bonds. The van der Waals surface area contributed by atoms with Crippen molar-refractivity contribution in [3.8, 4) is 0 Å². The van der Waals surface area contributed by atoms with Crippen LogP contribution >= 0.6 is 11.8 Å². The predicted molar refractivity (Wildman–Crippen MR) is 74.3 cm³/mol. The lowest BCUT2D eigenvalue weighted by molar-refractivity contribution is -0.122. The molecule has 0 bridgehead atoms.